The van der Waals surface area contributed by atoms with Gasteiger partial charge in [-0.3, -0.25) is 0 Å². The molecular weight excluding hydrogens is 246 g/mol. The maximum absolute atomic E-state index is 5.47. The fraction of sp³-hybridized carbons (Fsp3) is 0.571. The summed E-state index contributed by atoms with van der Waals surface area (Å²) in [7, 11) is 5.46. The molecule has 1 aliphatic carbocycles. The molecule has 2 rings (SSSR count). The van der Waals surface area contributed by atoms with Crippen LogP contribution in [0.4, 0.5) is 0 Å². The van der Waals surface area contributed by atoms with E-state index in [4.69, 9.17) is 9.47 Å². The van der Waals surface area contributed by atoms with Gasteiger partial charge in [0.25, 0.3) is 0 Å². The number of hydrogen-bond donors (Lipinski definition) is 2. The fourth-order valence-corrected chi connectivity index (χ4v) is 3.18. The lowest BCUT2D eigenvalue weighted by molar-refractivity contribution is 0.344. The van der Waals surface area contributed by atoms with Gasteiger partial charge in [-0.25, -0.2) is 0 Å². The summed E-state index contributed by atoms with van der Waals surface area (Å²) in [5, 5.41) is 3.39. The van der Waals surface area contributed by atoms with Crippen LogP contribution in [0.3, 0.4) is 0 Å². The molecule has 1 aromatic carbocycles. The number of thiol groups is 1. The van der Waals surface area contributed by atoms with Gasteiger partial charge in [-0.15, -0.1) is 0 Å². The molecule has 0 aromatic heterocycles. The third-order valence-electron chi connectivity index (χ3n) is 3.85. The zero-order valence-corrected chi connectivity index (χ0v) is 12.1. The first-order chi connectivity index (χ1) is 8.74. The first-order valence-electron chi connectivity index (χ1n) is 6.26. The number of nitrogens with one attached hydrogen (secondary N) is 1. The predicted octanol–water partition coefficient (Wildman–Crippen LogP) is 1.94. The van der Waals surface area contributed by atoms with E-state index in [1.54, 1.807) is 14.2 Å². The highest BCUT2D eigenvalue weighted by Crippen LogP contribution is 2.38. The first-order valence-corrected chi connectivity index (χ1v) is 6.89. The van der Waals surface area contributed by atoms with Crippen molar-refractivity contribution in [1.29, 1.82) is 0 Å². The molecule has 0 radical (unpaired) electrons. The molecule has 4 heteroatoms. The standard InChI is InChI=1S/C14H21NO2S/c1-15-12-7-11-10(6-9(12)8-18)13(16-2)4-5-14(11)17-3/h4-5,9,12,15,18H,6-8H2,1-3H3/t9-,12+/m0/s1. The second-order valence-electron chi connectivity index (χ2n) is 4.67. The van der Waals surface area contributed by atoms with Crippen molar-refractivity contribution in [3.63, 3.8) is 0 Å². The van der Waals surface area contributed by atoms with Crippen molar-refractivity contribution in [2.24, 2.45) is 5.92 Å². The Morgan fingerprint density at radius 3 is 2.17 bits per heavy atom. The highest BCUT2D eigenvalue weighted by Gasteiger charge is 2.30. The van der Waals surface area contributed by atoms with Crippen LogP contribution in [0.25, 0.3) is 0 Å². The molecule has 0 aliphatic heterocycles. The number of rotatable bonds is 4. The molecule has 1 aromatic rings. The van der Waals surface area contributed by atoms with Gasteiger partial charge in [0.05, 0.1) is 14.2 Å². The molecule has 0 fully saturated rings. The third kappa shape index (κ3) is 2.31. The van der Waals surface area contributed by atoms with E-state index in [1.165, 1.54) is 11.1 Å². The zero-order valence-electron chi connectivity index (χ0n) is 11.2. The van der Waals surface area contributed by atoms with Crippen LogP contribution in [0.2, 0.25) is 0 Å². The van der Waals surface area contributed by atoms with Crippen LogP contribution in [-0.4, -0.2) is 33.1 Å². The van der Waals surface area contributed by atoms with Crippen molar-refractivity contribution in [3.8, 4) is 11.5 Å². The van der Waals surface area contributed by atoms with Crippen LogP contribution in [0.1, 0.15) is 11.1 Å². The van der Waals surface area contributed by atoms with E-state index in [0.29, 0.717) is 12.0 Å². The van der Waals surface area contributed by atoms with Gasteiger partial charge >= 0.3 is 0 Å². The number of ether oxygens (including phenoxy) is 2. The van der Waals surface area contributed by atoms with Gasteiger partial charge < -0.3 is 14.8 Å². The van der Waals surface area contributed by atoms with Crippen molar-refractivity contribution in [3.05, 3.63) is 23.3 Å². The van der Waals surface area contributed by atoms with E-state index >= 15 is 0 Å². The highest BCUT2D eigenvalue weighted by atomic mass is 32.1. The monoisotopic (exact) mass is 267 g/mol. The fourth-order valence-electron chi connectivity index (χ4n) is 2.80. The Hall–Kier alpha value is -0.870. The van der Waals surface area contributed by atoms with Gasteiger partial charge in [-0.1, -0.05) is 0 Å². The summed E-state index contributed by atoms with van der Waals surface area (Å²) in [5.74, 6) is 3.34. The summed E-state index contributed by atoms with van der Waals surface area (Å²) in [6, 6.07) is 4.44. The number of benzene rings is 1. The van der Waals surface area contributed by atoms with Crippen molar-refractivity contribution >= 4 is 12.6 Å². The molecule has 18 heavy (non-hydrogen) atoms. The molecule has 3 nitrogen and oxygen atoms in total. The maximum Gasteiger partial charge on any atom is 0.122 e. The number of likely N-dealkylation sites (N-methyl/N-ethyl adjacent to an activating group) is 1. The Labute approximate surface area is 114 Å². The molecule has 2 atom stereocenters. The quantitative estimate of drug-likeness (QED) is 0.817. The number of methoxy groups -OCH3 is 2. The minimum Gasteiger partial charge on any atom is -0.496 e. The molecule has 0 amide bonds. The molecule has 100 valence electrons. The summed E-state index contributed by atoms with van der Waals surface area (Å²) in [5.41, 5.74) is 2.55. The minimum absolute atomic E-state index is 0.455. The molecule has 0 saturated heterocycles. The Kier molecular flexibility index (Phi) is 4.40. The normalized spacial score (nSPS) is 22.4. The van der Waals surface area contributed by atoms with Crippen molar-refractivity contribution < 1.29 is 9.47 Å². The Morgan fingerprint density at radius 2 is 1.72 bits per heavy atom. The lowest BCUT2D eigenvalue weighted by Gasteiger charge is -2.33. The minimum atomic E-state index is 0.455. The number of fused-ring (bicyclic) bond motifs is 1. The Bertz CT molecular complexity index is 384. The second-order valence-corrected chi connectivity index (χ2v) is 5.04. The van der Waals surface area contributed by atoms with Gasteiger partial charge in [0, 0.05) is 17.2 Å². The van der Waals surface area contributed by atoms with E-state index in [0.717, 1.165) is 30.1 Å². The van der Waals surface area contributed by atoms with E-state index in [9.17, 15) is 0 Å². The maximum atomic E-state index is 5.47. The topological polar surface area (TPSA) is 30.5 Å². The summed E-state index contributed by atoms with van der Waals surface area (Å²) in [4.78, 5) is 0. The van der Waals surface area contributed by atoms with E-state index in [1.807, 2.05) is 19.2 Å². The molecule has 0 unspecified atom stereocenters. The van der Waals surface area contributed by atoms with Crippen LogP contribution in [0.15, 0.2) is 12.1 Å². The average molecular weight is 267 g/mol. The van der Waals surface area contributed by atoms with Crippen molar-refractivity contribution in [2.45, 2.75) is 18.9 Å². The van der Waals surface area contributed by atoms with Gasteiger partial charge in [0.1, 0.15) is 11.5 Å². The van der Waals surface area contributed by atoms with Gasteiger partial charge in [0.2, 0.25) is 0 Å². The summed E-state index contributed by atoms with van der Waals surface area (Å²) in [6.07, 6.45) is 1.96. The first kappa shape index (κ1) is 13.6. The molecule has 0 saturated carbocycles. The van der Waals surface area contributed by atoms with Crippen LogP contribution >= 0.6 is 12.6 Å². The van der Waals surface area contributed by atoms with E-state index in [-0.39, 0.29) is 0 Å². The van der Waals surface area contributed by atoms with Crippen LogP contribution in [0.5, 0.6) is 11.5 Å². The van der Waals surface area contributed by atoms with E-state index in [2.05, 4.69) is 17.9 Å². The summed E-state index contributed by atoms with van der Waals surface area (Å²) < 4.78 is 10.9. The van der Waals surface area contributed by atoms with Gasteiger partial charge in [0.15, 0.2) is 0 Å². The average Bonchev–Trinajstić information content (AvgIpc) is 2.44. The molecule has 1 aliphatic rings. The van der Waals surface area contributed by atoms with Crippen LogP contribution < -0.4 is 14.8 Å². The second kappa shape index (κ2) is 5.85. The predicted molar refractivity (Wildman–Crippen MR) is 77.1 cm³/mol. The van der Waals surface area contributed by atoms with E-state index < -0.39 is 0 Å². The SMILES string of the molecule is CN[C@@H]1Cc2c(OC)ccc(OC)c2C[C@H]1CS. The number of hydrogen-bond acceptors (Lipinski definition) is 4. The van der Waals surface area contributed by atoms with Gasteiger partial charge in [-0.05, 0) is 43.7 Å². The smallest absolute Gasteiger partial charge is 0.122 e. The molecule has 0 spiro atoms. The summed E-state index contributed by atoms with van der Waals surface area (Å²) >= 11 is 4.47. The molecular formula is C14H21NO2S. The van der Waals surface area contributed by atoms with Crippen LogP contribution in [0, 0.1) is 5.92 Å². The van der Waals surface area contributed by atoms with Crippen molar-refractivity contribution in [2.75, 3.05) is 27.0 Å². The zero-order chi connectivity index (χ0) is 13.1. The molecule has 0 heterocycles. The van der Waals surface area contributed by atoms with Gasteiger partial charge in [-0.2, -0.15) is 12.6 Å². The van der Waals surface area contributed by atoms with Crippen molar-refractivity contribution in [1.82, 2.24) is 5.32 Å². The van der Waals surface area contributed by atoms with Crippen LogP contribution in [-0.2, 0) is 12.8 Å². The third-order valence-corrected chi connectivity index (χ3v) is 4.32. The Balaban J connectivity index is 2.45. The lowest BCUT2D eigenvalue weighted by Crippen LogP contribution is -2.41. The highest BCUT2D eigenvalue weighted by molar-refractivity contribution is 7.80. The molecule has 0 bridgehead atoms. The largest absolute Gasteiger partial charge is 0.496 e. The lowest BCUT2D eigenvalue weighted by atomic mass is 9.80. The Morgan fingerprint density at radius 1 is 1.17 bits per heavy atom. The molecule has 1 N–H and O–H groups in total. The summed E-state index contributed by atoms with van der Waals surface area (Å²) in [6.45, 7) is 0.